The number of rotatable bonds is 3. The van der Waals surface area contributed by atoms with E-state index < -0.39 is 0 Å². The topological polar surface area (TPSA) is 47.6 Å². The van der Waals surface area contributed by atoms with E-state index in [1.165, 1.54) is 0 Å². The molecule has 0 saturated heterocycles. The monoisotopic (exact) mass is 130 g/mol. The summed E-state index contributed by atoms with van der Waals surface area (Å²) in [4.78, 5) is 4.82. The lowest BCUT2D eigenvalue weighted by Crippen LogP contribution is -2.07. The molecule has 0 fully saturated rings. The van der Waals surface area contributed by atoms with Gasteiger partial charge in [-0.1, -0.05) is 19.0 Å². The summed E-state index contributed by atoms with van der Waals surface area (Å²) < 4.78 is 0. The first-order valence-corrected chi connectivity index (χ1v) is 3.05. The van der Waals surface area contributed by atoms with Gasteiger partial charge in [-0.3, -0.25) is 0 Å². The van der Waals surface area contributed by atoms with E-state index >= 15 is 0 Å². The van der Waals surface area contributed by atoms with Crippen molar-refractivity contribution < 1.29 is 4.84 Å². The molecular formula is C6H14N2O. The zero-order valence-corrected chi connectivity index (χ0v) is 6.22. The van der Waals surface area contributed by atoms with Crippen LogP contribution in [0.2, 0.25) is 0 Å². The van der Waals surface area contributed by atoms with Crippen molar-refractivity contribution in [2.75, 3.05) is 6.61 Å². The highest BCUT2D eigenvalue weighted by atomic mass is 16.6. The van der Waals surface area contributed by atoms with Crippen molar-refractivity contribution in [1.29, 1.82) is 0 Å². The molecule has 0 aromatic carbocycles. The van der Waals surface area contributed by atoms with Gasteiger partial charge < -0.3 is 10.6 Å². The van der Waals surface area contributed by atoms with Crippen LogP contribution in [0.4, 0.5) is 0 Å². The zero-order chi connectivity index (χ0) is 7.28. The second-order valence-electron chi connectivity index (χ2n) is 2.42. The van der Waals surface area contributed by atoms with Crippen LogP contribution in [0.1, 0.15) is 20.8 Å². The molecule has 0 aliphatic rings. The maximum absolute atomic E-state index is 5.20. The van der Waals surface area contributed by atoms with E-state index in [2.05, 4.69) is 19.0 Å². The minimum Gasteiger partial charge on any atom is -0.394 e. The smallest absolute Gasteiger partial charge is 0.136 e. The van der Waals surface area contributed by atoms with Crippen LogP contribution in [-0.4, -0.2) is 12.4 Å². The summed E-state index contributed by atoms with van der Waals surface area (Å²) in [5.74, 6) is 0.976. The van der Waals surface area contributed by atoms with Crippen LogP contribution in [0, 0.1) is 5.92 Å². The first-order valence-electron chi connectivity index (χ1n) is 3.05. The van der Waals surface area contributed by atoms with E-state index in [0.29, 0.717) is 18.4 Å². The Morgan fingerprint density at radius 3 is 2.56 bits per heavy atom. The number of oxime groups is 1. The molecule has 3 nitrogen and oxygen atoms in total. The Morgan fingerprint density at radius 2 is 2.22 bits per heavy atom. The average Bonchev–Trinajstić information content (AvgIpc) is 1.63. The van der Waals surface area contributed by atoms with Crippen molar-refractivity contribution in [3.63, 3.8) is 0 Å². The quantitative estimate of drug-likeness (QED) is 0.351. The van der Waals surface area contributed by atoms with Crippen LogP contribution in [0.5, 0.6) is 0 Å². The van der Waals surface area contributed by atoms with Crippen molar-refractivity contribution in [2.24, 2.45) is 16.8 Å². The number of hydrogen-bond acceptors (Lipinski definition) is 2. The molecule has 0 atom stereocenters. The Hall–Kier alpha value is -0.730. The fraction of sp³-hybridized carbons (Fsp3) is 0.833. The molecule has 9 heavy (non-hydrogen) atoms. The molecule has 0 heterocycles. The standard InChI is InChI=1S/C6H14N2O/c1-5(2)4-9-8-6(3)7/h5H,4H2,1-3H3,(H2,7,8). The molecule has 0 amide bonds. The van der Waals surface area contributed by atoms with Gasteiger partial charge in [-0.2, -0.15) is 0 Å². The van der Waals surface area contributed by atoms with E-state index in [-0.39, 0.29) is 0 Å². The van der Waals surface area contributed by atoms with Crippen LogP contribution < -0.4 is 5.73 Å². The number of hydrogen-bond donors (Lipinski definition) is 1. The van der Waals surface area contributed by atoms with Crippen molar-refractivity contribution >= 4 is 5.84 Å². The summed E-state index contributed by atoms with van der Waals surface area (Å²) in [7, 11) is 0. The summed E-state index contributed by atoms with van der Waals surface area (Å²) in [5, 5.41) is 3.56. The van der Waals surface area contributed by atoms with Gasteiger partial charge in [-0.05, 0) is 12.8 Å². The van der Waals surface area contributed by atoms with Gasteiger partial charge in [-0.15, -0.1) is 0 Å². The summed E-state index contributed by atoms with van der Waals surface area (Å²) in [6.45, 7) is 6.44. The highest BCUT2D eigenvalue weighted by Gasteiger charge is 1.90. The van der Waals surface area contributed by atoms with Crippen molar-refractivity contribution in [2.45, 2.75) is 20.8 Å². The van der Waals surface area contributed by atoms with Gasteiger partial charge in [0, 0.05) is 0 Å². The third-order valence-corrected chi connectivity index (χ3v) is 0.616. The number of nitrogens with zero attached hydrogens (tertiary/aromatic N) is 1. The van der Waals surface area contributed by atoms with Crippen LogP contribution >= 0.6 is 0 Å². The fourth-order valence-electron chi connectivity index (χ4n) is 0.288. The van der Waals surface area contributed by atoms with Gasteiger partial charge in [0.25, 0.3) is 0 Å². The van der Waals surface area contributed by atoms with E-state index in [9.17, 15) is 0 Å². The molecule has 0 aliphatic carbocycles. The van der Waals surface area contributed by atoms with Crippen LogP contribution in [-0.2, 0) is 4.84 Å². The van der Waals surface area contributed by atoms with Gasteiger partial charge in [0.05, 0.1) is 0 Å². The predicted octanol–water partition coefficient (Wildman–Crippen LogP) is 0.951. The highest BCUT2D eigenvalue weighted by Crippen LogP contribution is 1.91. The first kappa shape index (κ1) is 8.27. The molecule has 0 rings (SSSR count). The number of nitrogens with two attached hydrogens (primary N) is 1. The lowest BCUT2D eigenvalue weighted by molar-refractivity contribution is 0.118. The normalized spacial score (nSPS) is 12.2. The molecule has 0 aromatic heterocycles. The Balaban J connectivity index is 3.20. The summed E-state index contributed by atoms with van der Waals surface area (Å²) in [5.41, 5.74) is 5.20. The Kier molecular flexibility index (Phi) is 3.84. The average molecular weight is 130 g/mol. The molecule has 0 radical (unpaired) electrons. The summed E-state index contributed by atoms with van der Waals surface area (Å²) in [6, 6.07) is 0. The SMILES string of the molecule is C/C(N)=N/OCC(C)C. The highest BCUT2D eigenvalue weighted by molar-refractivity contribution is 5.76. The van der Waals surface area contributed by atoms with E-state index in [1.807, 2.05) is 0 Å². The van der Waals surface area contributed by atoms with Crippen molar-refractivity contribution in [3.05, 3.63) is 0 Å². The summed E-state index contributed by atoms with van der Waals surface area (Å²) in [6.07, 6.45) is 0. The molecule has 0 saturated carbocycles. The molecule has 2 N–H and O–H groups in total. The molecule has 3 heteroatoms. The van der Waals surface area contributed by atoms with Gasteiger partial charge in [-0.25, -0.2) is 0 Å². The Labute approximate surface area is 55.9 Å². The minimum atomic E-state index is 0.468. The second kappa shape index (κ2) is 4.18. The molecule has 0 aromatic rings. The largest absolute Gasteiger partial charge is 0.394 e. The van der Waals surface area contributed by atoms with Crippen molar-refractivity contribution in [1.82, 2.24) is 0 Å². The van der Waals surface area contributed by atoms with Crippen LogP contribution in [0.25, 0.3) is 0 Å². The minimum absolute atomic E-state index is 0.468. The van der Waals surface area contributed by atoms with E-state index in [4.69, 9.17) is 10.6 Å². The Bertz CT molecular complexity index is 95.2. The third kappa shape index (κ3) is 7.27. The van der Waals surface area contributed by atoms with E-state index in [1.54, 1.807) is 6.92 Å². The first-order chi connectivity index (χ1) is 4.13. The van der Waals surface area contributed by atoms with Gasteiger partial charge in [0.15, 0.2) is 0 Å². The summed E-state index contributed by atoms with van der Waals surface area (Å²) >= 11 is 0. The van der Waals surface area contributed by atoms with E-state index in [0.717, 1.165) is 0 Å². The predicted molar refractivity (Wildman–Crippen MR) is 38.1 cm³/mol. The van der Waals surface area contributed by atoms with Gasteiger partial charge in [0.2, 0.25) is 0 Å². The maximum atomic E-state index is 5.20. The number of amidine groups is 1. The Morgan fingerprint density at radius 1 is 1.67 bits per heavy atom. The zero-order valence-electron chi connectivity index (χ0n) is 6.22. The molecule has 0 spiro atoms. The van der Waals surface area contributed by atoms with Crippen LogP contribution in [0.15, 0.2) is 5.16 Å². The van der Waals surface area contributed by atoms with Crippen molar-refractivity contribution in [3.8, 4) is 0 Å². The fourth-order valence-corrected chi connectivity index (χ4v) is 0.288. The second-order valence-corrected chi connectivity index (χ2v) is 2.42. The lowest BCUT2D eigenvalue weighted by atomic mass is 10.2. The maximum Gasteiger partial charge on any atom is 0.136 e. The van der Waals surface area contributed by atoms with Gasteiger partial charge >= 0.3 is 0 Å². The van der Waals surface area contributed by atoms with Gasteiger partial charge in [0.1, 0.15) is 12.4 Å². The molecular weight excluding hydrogens is 116 g/mol. The molecule has 54 valence electrons. The lowest BCUT2D eigenvalue weighted by Gasteiger charge is -2.00. The van der Waals surface area contributed by atoms with Crippen LogP contribution in [0.3, 0.4) is 0 Å². The third-order valence-electron chi connectivity index (χ3n) is 0.616. The molecule has 0 unspecified atom stereocenters. The molecule has 0 aliphatic heterocycles. The molecule has 0 bridgehead atoms.